The molecule has 1 fully saturated rings. The summed E-state index contributed by atoms with van der Waals surface area (Å²) in [7, 11) is 1.90. The molecule has 1 aliphatic heterocycles. The number of aromatic nitrogens is 3. The zero-order valence-corrected chi connectivity index (χ0v) is 18.7. The van der Waals surface area contributed by atoms with Gasteiger partial charge >= 0.3 is 6.18 Å². The standard InChI is InChI=1S/C25H25F3N4O2/c1-31-10-4-5-17-16(11-15-8-9-29-21(12-15)25(26,27)28)13-18-22(23(17)31)30-14-32(24(18)34)19-6-2-3-7-20(19)33/h4-5,8-9,12-14,19-20,33H,2-3,6-7,10-11H2,1H3/t19-,20-/m0/s1. The van der Waals surface area contributed by atoms with Gasteiger partial charge in [0, 0.05) is 25.4 Å². The first-order valence-electron chi connectivity index (χ1n) is 11.4. The van der Waals surface area contributed by atoms with Crippen LogP contribution >= 0.6 is 0 Å². The van der Waals surface area contributed by atoms with Crippen LogP contribution in [0, 0.1) is 0 Å². The molecule has 1 aromatic carbocycles. The van der Waals surface area contributed by atoms with Crippen LogP contribution in [0.2, 0.25) is 0 Å². The minimum absolute atomic E-state index is 0.211. The molecule has 1 N–H and O–H groups in total. The highest BCUT2D eigenvalue weighted by Crippen LogP contribution is 2.36. The summed E-state index contributed by atoms with van der Waals surface area (Å²) in [4.78, 5) is 23.6. The number of hydrogen-bond donors (Lipinski definition) is 1. The Kier molecular flexibility index (Phi) is 5.67. The Morgan fingerprint density at radius 2 is 1.97 bits per heavy atom. The molecule has 2 atom stereocenters. The van der Waals surface area contributed by atoms with Crippen molar-refractivity contribution in [2.45, 2.75) is 50.4 Å². The SMILES string of the molecule is CN1CC=Cc2c(Cc3ccnc(C(F)(F)F)c3)cc3c(=O)n([C@H]4CCCC[C@@H]4O)cnc3c21. The van der Waals surface area contributed by atoms with Gasteiger partial charge in [0.05, 0.1) is 29.5 Å². The van der Waals surface area contributed by atoms with E-state index in [2.05, 4.69) is 9.97 Å². The van der Waals surface area contributed by atoms with Gasteiger partial charge in [0.1, 0.15) is 11.2 Å². The van der Waals surface area contributed by atoms with Crippen LogP contribution in [0.25, 0.3) is 17.0 Å². The highest BCUT2D eigenvalue weighted by Gasteiger charge is 2.32. The first-order chi connectivity index (χ1) is 16.2. The normalized spacial score (nSPS) is 20.6. The van der Waals surface area contributed by atoms with E-state index >= 15 is 0 Å². The zero-order valence-electron chi connectivity index (χ0n) is 18.7. The van der Waals surface area contributed by atoms with Gasteiger partial charge in [-0.2, -0.15) is 13.2 Å². The van der Waals surface area contributed by atoms with Crippen molar-refractivity contribution in [3.8, 4) is 0 Å². The van der Waals surface area contributed by atoms with Gasteiger partial charge in [0.25, 0.3) is 5.56 Å². The lowest BCUT2D eigenvalue weighted by Gasteiger charge is -2.30. The van der Waals surface area contributed by atoms with Crippen LogP contribution in [0.4, 0.5) is 18.9 Å². The summed E-state index contributed by atoms with van der Waals surface area (Å²) in [5.74, 6) is 0. The number of nitrogens with zero attached hydrogens (tertiary/aromatic N) is 4. The maximum atomic E-state index is 13.6. The highest BCUT2D eigenvalue weighted by molar-refractivity contribution is 5.97. The van der Waals surface area contributed by atoms with E-state index in [1.165, 1.54) is 10.9 Å². The predicted molar refractivity (Wildman–Crippen MR) is 124 cm³/mol. The lowest BCUT2D eigenvalue weighted by atomic mass is 9.91. The minimum atomic E-state index is -4.53. The molecule has 178 valence electrons. The largest absolute Gasteiger partial charge is 0.433 e. The maximum absolute atomic E-state index is 13.6. The predicted octanol–water partition coefficient (Wildman–Crippen LogP) is 4.34. The van der Waals surface area contributed by atoms with Gasteiger partial charge in [0.2, 0.25) is 0 Å². The highest BCUT2D eigenvalue weighted by atomic mass is 19.4. The van der Waals surface area contributed by atoms with Crippen molar-refractivity contribution in [2.24, 2.45) is 0 Å². The molecule has 2 aliphatic rings. The lowest BCUT2D eigenvalue weighted by molar-refractivity contribution is -0.141. The quantitative estimate of drug-likeness (QED) is 0.617. The number of aliphatic hydroxyl groups excluding tert-OH is 1. The Balaban J connectivity index is 1.67. The van der Waals surface area contributed by atoms with Crippen molar-refractivity contribution in [3.63, 3.8) is 0 Å². The topological polar surface area (TPSA) is 71.2 Å². The summed E-state index contributed by atoms with van der Waals surface area (Å²) in [6.45, 7) is 0.630. The number of benzene rings is 1. The van der Waals surface area contributed by atoms with Crippen molar-refractivity contribution in [3.05, 3.63) is 69.5 Å². The van der Waals surface area contributed by atoms with E-state index in [0.717, 1.165) is 41.9 Å². The second-order valence-corrected chi connectivity index (χ2v) is 9.08. The monoisotopic (exact) mass is 470 g/mol. The van der Waals surface area contributed by atoms with Gasteiger partial charge in [-0.05, 0) is 48.6 Å². The molecule has 0 bridgehead atoms. The maximum Gasteiger partial charge on any atom is 0.433 e. The Hall–Kier alpha value is -3.20. The Morgan fingerprint density at radius 3 is 2.74 bits per heavy atom. The third-order valence-corrected chi connectivity index (χ3v) is 6.78. The van der Waals surface area contributed by atoms with Crippen LogP contribution in [-0.2, 0) is 12.6 Å². The van der Waals surface area contributed by atoms with Crippen molar-refractivity contribution >= 4 is 22.7 Å². The molecule has 1 saturated carbocycles. The third kappa shape index (κ3) is 3.98. The summed E-state index contributed by atoms with van der Waals surface area (Å²) in [6.07, 6.45) is 4.87. The summed E-state index contributed by atoms with van der Waals surface area (Å²) in [6, 6.07) is 4.02. The molecule has 34 heavy (non-hydrogen) atoms. The van der Waals surface area contributed by atoms with Crippen molar-refractivity contribution < 1.29 is 18.3 Å². The smallest absolute Gasteiger partial charge is 0.391 e. The van der Waals surface area contributed by atoms with E-state index in [1.807, 2.05) is 24.1 Å². The van der Waals surface area contributed by atoms with Gasteiger partial charge < -0.3 is 10.0 Å². The first-order valence-corrected chi connectivity index (χ1v) is 11.4. The Labute approximate surface area is 194 Å². The molecule has 3 aromatic rings. The van der Waals surface area contributed by atoms with E-state index in [4.69, 9.17) is 0 Å². The fraction of sp³-hybridized carbons (Fsp3) is 0.400. The van der Waals surface area contributed by atoms with E-state index in [1.54, 1.807) is 12.1 Å². The average Bonchev–Trinajstić information content (AvgIpc) is 2.80. The summed E-state index contributed by atoms with van der Waals surface area (Å²) < 4.78 is 41.1. The van der Waals surface area contributed by atoms with Crippen LogP contribution in [0.5, 0.6) is 0 Å². The van der Waals surface area contributed by atoms with Crippen molar-refractivity contribution in [1.29, 1.82) is 0 Å². The number of fused-ring (bicyclic) bond motifs is 3. The summed E-state index contributed by atoms with van der Waals surface area (Å²) in [5, 5.41) is 10.9. The molecule has 0 amide bonds. The van der Waals surface area contributed by atoms with Crippen LogP contribution in [0.1, 0.15) is 54.1 Å². The number of anilines is 1. The van der Waals surface area contributed by atoms with Crippen molar-refractivity contribution in [2.75, 3.05) is 18.5 Å². The number of halogens is 3. The van der Waals surface area contributed by atoms with Crippen LogP contribution in [-0.4, -0.2) is 39.3 Å². The second kappa shape index (κ2) is 8.54. The molecule has 6 nitrogen and oxygen atoms in total. The minimum Gasteiger partial charge on any atom is -0.391 e. The lowest BCUT2D eigenvalue weighted by Crippen LogP contribution is -2.35. The molecule has 5 rings (SSSR count). The molecule has 9 heteroatoms. The molecular formula is C25H25F3N4O2. The average molecular weight is 470 g/mol. The fourth-order valence-corrected chi connectivity index (χ4v) is 5.08. The third-order valence-electron chi connectivity index (χ3n) is 6.78. The number of pyridine rings is 1. The fourth-order valence-electron chi connectivity index (χ4n) is 5.08. The molecule has 0 unspecified atom stereocenters. The number of alkyl halides is 3. The summed E-state index contributed by atoms with van der Waals surface area (Å²) in [5.41, 5.74) is 2.20. The number of hydrogen-bond acceptors (Lipinski definition) is 5. The Bertz CT molecular complexity index is 1330. The van der Waals surface area contributed by atoms with Crippen molar-refractivity contribution in [1.82, 2.24) is 14.5 Å². The van der Waals surface area contributed by atoms with E-state index in [0.29, 0.717) is 35.9 Å². The van der Waals surface area contributed by atoms with Crippen LogP contribution in [0.15, 0.2) is 41.6 Å². The van der Waals surface area contributed by atoms with E-state index in [-0.39, 0.29) is 18.0 Å². The Morgan fingerprint density at radius 1 is 1.18 bits per heavy atom. The van der Waals surface area contributed by atoms with E-state index in [9.17, 15) is 23.1 Å². The number of rotatable bonds is 3. The molecular weight excluding hydrogens is 445 g/mol. The van der Waals surface area contributed by atoms with Gasteiger partial charge in [-0.3, -0.25) is 14.3 Å². The van der Waals surface area contributed by atoms with Crippen LogP contribution in [0.3, 0.4) is 0 Å². The first kappa shape index (κ1) is 22.6. The molecule has 0 spiro atoms. The number of likely N-dealkylation sites (N-methyl/N-ethyl adjacent to an activating group) is 1. The summed E-state index contributed by atoms with van der Waals surface area (Å²) >= 11 is 0. The van der Waals surface area contributed by atoms with Gasteiger partial charge in [-0.25, -0.2) is 4.98 Å². The molecule has 2 aromatic heterocycles. The molecule has 3 heterocycles. The molecule has 1 aliphatic carbocycles. The zero-order chi connectivity index (χ0) is 24.0. The van der Waals surface area contributed by atoms with Gasteiger partial charge in [-0.1, -0.05) is 25.0 Å². The molecule has 0 saturated heterocycles. The number of aliphatic hydroxyl groups is 1. The van der Waals surface area contributed by atoms with E-state index < -0.39 is 18.0 Å². The second-order valence-electron chi connectivity index (χ2n) is 9.08. The van der Waals surface area contributed by atoms with Crippen LogP contribution < -0.4 is 10.5 Å². The van der Waals surface area contributed by atoms with Gasteiger partial charge in [0.15, 0.2) is 0 Å². The van der Waals surface area contributed by atoms with Gasteiger partial charge in [-0.15, -0.1) is 0 Å². The molecule has 0 radical (unpaired) electrons.